The Morgan fingerprint density at radius 1 is 0.900 bits per heavy atom. The van der Waals surface area contributed by atoms with Crippen LogP contribution < -0.4 is 14.6 Å². The second kappa shape index (κ2) is 19.8. The number of hydrogen-bond acceptors (Lipinski definition) is 14. The average molecular weight is 964 g/mol. The zero-order chi connectivity index (χ0) is 50.4. The van der Waals surface area contributed by atoms with E-state index in [1.165, 1.54) is 31.8 Å². The minimum absolute atomic E-state index is 0.0186. The van der Waals surface area contributed by atoms with Crippen LogP contribution in [0.4, 0.5) is 4.79 Å². The zero-order valence-corrected chi connectivity index (χ0v) is 41.3. The van der Waals surface area contributed by atoms with Crippen LogP contribution in [0.15, 0.2) is 96.6 Å². The van der Waals surface area contributed by atoms with Crippen LogP contribution in [-0.2, 0) is 39.8 Å². The molecule has 17 heteroatoms. The molecular weight excluding hydrogens is 901 g/mol. The number of ketones is 3. The fourth-order valence-corrected chi connectivity index (χ4v) is 10.2. The standard InChI is InChI=1S/C53H62N4O13/c1-29-15-14-16-30(2)50(62)54-40-41(56-22-25-65-26-23-56)44(60)37-38(43(40)59)42(58)32(4)48-39(37)49(61)53(9,70-48)66-24-19-36(64-10)31(3)46(34(6)47-33(5)45(29)68-52(7,8)69-47)67-51(63)57-21-20-55(28-57)27-35-17-12-11-13-18-35/h11-21,24,28-29,31,33-34,36,45-47H,22-23,25-27H2,1-10H3,(H-,54,58,59,60,61,62)/p+1/t29-,31+,33+,34-,36-,45-,46+,47+,53-/m0/s1. The van der Waals surface area contributed by atoms with Gasteiger partial charge in [0.2, 0.25) is 11.6 Å². The number of rotatable bonds is 5. The molecule has 7 bridgehead atoms. The van der Waals surface area contributed by atoms with Crippen LogP contribution in [0, 0.1) is 30.6 Å². The number of ether oxygens (including phenoxy) is 7. The van der Waals surface area contributed by atoms with Gasteiger partial charge in [0.25, 0.3) is 18.0 Å². The van der Waals surface area contributed by atoms with Crippen molar-refractivity contribution in [1.82, 2.24) is 14.8 Å². The van der Waals surface area contributed by atoms with Crippen molar-refractivity contribution in [2.75, 3.05) is 33.4 Å². The lowest BCUT2D eigenvalue weighted by molar-refractivity contribution is -0.687. The predicted octanol–water partition coefficient (Wildman–Crippen LogP) is 6.35. The molecule has 1 aliphatic carbocycles. The van der Waals surface area contributed by atoms with Crippen molar-refractivity contribution in [3.05, 3.63) is 124 Å². The topological polar surface area (TPSA) is 194 Å². The van der Waals surface area contributed by atoms with E-state index in [1.807, 2.05) is 82.5 Å². The molecule has 6 heterocycles. The van der Waals surface area contributed by atoms with Gasteiger partial charge in [0.1, 0.15) is 47.9 Å². The molecule has 5 aliphatic heterocycles. The van der Waals surface area contributed by atoms with Crippen LogP contribution >= 0.6 is 0 Å². The first-order chi connectivity index (χ1) is 33.2. The number of Topliss-reactive ketones (excluding diaryl/α,β-unsaturated/α-hetero) is 3. The van der Waals surface area contributed by atoms with E-state index in [0.717, 1.165) is 5.56 Å². The SMILES string of the molecule is CO[C@H]1C=CO[C@@]2(C)Oc3c(C)c(O)c4c(c3C2=O)C(=O)C(N2CCOCC2)=C(NC(=O)C(C)=CC=C[C@H](C)[C@@H]2OC(C)(C)O[C@@H]([C@@H](C)[C@H](OC(=O)n3cc[n+](Cc5ccccc5)c3)[C@@H]1C)[C@@H]2C)C4=O. The van der Waals surface area contributed by atoms with E-state index in [0.29, 0.717) is 6.54 Å². The van der Waals surface area contributed by atoms with Gasteiger partial charge in [-0.05, 0) is 39.3 Å². The lowest BCUT2D eigenvalue weighted by Crippen LogP contribution is -2.56. The Hall–Kier alpha value is -6.40. The minimum atomic E-state index is -2.08. The molecule has 0 radical (unpaired) electrons. The minimum Gasteiger partial charge on any atom is -0.507 e. The van der Waals surface area contributed by atoms with Gasteiger partial charge < -0.3 is 48.5 Å². The zero-order valence-electron chi connectivity index (χ0n) is 41.3. The van der Waals surface area contributed by atoms with Gasteiger partial charge in [-0.15, -0.1) is 4.57 Å². The van der Waals surface area contributed by atoms with E-state index in [2.05, 4.69) is 5.32 Å². The van der Waals surface area contributed by atoms with Gasteiger partial charge in [0.05, 0.1) is 54.5 Å². The second-order valence-electron chi connectivity index (χ2n) is 19.4. The normalized spacial score (nSPS) is 29.3. The van der Waals surface area contributed by atoms with E-state index in [4.69, 9.17) is 33.2 Å². The molecule has 1 aromatic heterocycles. The van der Waals surface area contributed by atoms with Gasteiger partial charge in [-0.2, -0.15) is 4.79 Å². The summed E-state index contributed by atoms with van der Waals surface area (Å²) in [5.41, 5.74) is -0.209. The molecule has 0 spiro atoms. The number of allylic oxidation sites excluding steroid dienone is 4. The Morgan fingerprint density at radius 2 is 1.60 bits per heavy atom. The summed E-state index contributed by atoms with van der Waals surface area (Å²) in [5.74, 6) is -8.42. The Labute approximate surface area is 407 Å². The van der Waals surface area contributed by atoms with E-state index < -0.39 is 88.5 Å². The summed E-state index contributed by atoms with van der Waals surface area (Å²) in [4.78, 5) is 74.1. The largest absolute Gasteiger partial charge is 0.511 e. The Balaban J connectivity index is 1.20. The number of carbonyl (C=O) groups is 5. The lowest BCUT2D eigenvalue weighted by Gasteiger charge is -2.50. The molecule has 9 atom stereocenters. The number of hydrogen-bond donors (Lipinski definition) is 2. The first-order valence-electron chi connectivity index (χ1n) is 23.8. The first-order valence-corrected chi connectivity index (χ1v) is 23.8. The summed E-state index contributed by atoms with van der Waals surface area (Å²) in [6.07, 6.45) is 10.0. The smallest absolute Gasteiger partial charge is 0.507 e. The van der Waals surface area contributed by atoms with Gasteiger partial charge in [0, 0.05) is 61.9 Å². The monoisotopic (exact) mass is 963 g/mol. The highest BCUT2D eigenvalue weighted by Gasteiger charge is 2.54. The summed E-state index contributed by atoms with van der Waals surface area (Å²) in [7, 11) is 1.51. The molecule has 372 valence electrons. The summed E-state index contributed by atoms with van der Waals surface area (Å²) < 4.78 is 47.0. The molecule has 2 N–H and O–H groups in total. The van der Waals surface area contributed by atoms with Crippen molar-refractivity contribution in [1.29, 1.82) is 0 Å². The molecular formula is C53H63N4O13+. The molecule has 0 unspecified atom stereocenters. The van der Waals surface area contributed by atoms with Crippen molar-refractivity contribution < 1.29 is 66.8 Å². The molecule has 70 heavy (non-hydrogen) atoms. The summed E-state index contributed by atoms with van der Waals surface area (Å²) in [6.45, 7) is 17.4. The maximum absolute atomic E-state index is 14.9. The lowest BCUT2D eigenvalue weighted by atomic mass is 9.77. The molecule has 2 aromatic carbocycles. The highest BCUT2D eigenvalue weighted by molar-refractivity contribution is 6.32. The van der Waals surface area contributed by atoms with Crippen LogP contribution in [0.3, 0.4) is 0 Å². The summed E-state index contributed by atoms with van der Waals surface area (Å²) >= 11 is 0. The van der Waals surface area contributed by atoms with Crippen molar-refractivity contribution in [3.8, 4) is 11.5 Å². The number of nitrogens with zero attached hydrogens (tertiary/aromatic N) is 3. The van der Waals surface area contributed by atoms with E-state index in [1.54, 1.807) is 48.8 Å². The van der Waals surface area contributed by atoms with E-state index in [-0.39, 0.29) is 77.5 Å². The molecule has 2 saturated heterocycles. The number of imidazole rings is 1. The third-order valence-electron chi connectivity index (χ3n) is 14.1. The average Bonchev–Trinajstić information content (AvgIpc) is 3.91. The number of carbonyl (C=O) groups excluding carboxylic acids is 5. The van der Waals surface area contributed by atoms with Gasteiger partial charge in [-0.3, -0.25) is 19.2 Å². The number of morpholine rings is 1. The first kappa shape index (κ1) is 50.0. The Kier molecular flexibility index (Phi) is 14.1. The van der Waals surface area contributed by atoms with E-state index in [9.17, 15) is 29.1 Å². The molecule has 3 aromatic rings. The molecule has 17 nitrogen and oxygen atoms in total. The van der Waals surface area contributed by atoms with Gasteiger partial charge >= 0.3 is 11.9 Å². The second-order valence-corrected chi connectivity index (χ2v) is 19.4. The molecule has 9 rings (SSSR count). The number of nitrogens with one attached hydrogen (secondary N) is 1. The van der Waals surface area contributed by atoms with Crippen molar-refractivity contribution in [2.24, 2.45) is 23.7 Å². The molecule has 1 amide bonds. The van der Waals surface area contributed by atoms with Gasteiger partial charge in [-0.25, -0.2) is 4.57 Å². The van der Waals surface area contributed by atoms with Gasteiger partial charge in [-0.1, -0.05) is 76.3 Å². The number of methoxy groups -OCH3 is 1. The number of amides is 1. The van der Waals surface area contributed by atoms with Crippen molar-refractivity contribution in [2.45, 2.75) is 105 Å². The molecule has 2 fully saturated rings. The molecule has 0 saturated carbocycles. The summed E-state index contributed by atoms with van der Waals surface area (Å²) in [5, 5.41) is 14.4. The molecule has 6 aliphatic rings. The fraction of sp³-hybridized carbons (Fsp3) is 0.472. The Bertz CT molecular complexity index is 2700. The highest BCUT2D eigenvalue weighted by Crippen LogP contribution is 2.49. The van der Waals surface area contributed by atoms with E-state index >= 15 is 0 Å². The number of phenolic OH excluding ortho intramolecular Hbond substituents is 1. The Morgan fingerprint density at radius 3 is 2.30 bits per heavy atom. The van der Waals surface area contributed by atoms with Crippen LogP contribution in [0.25, 0.3) is 0 Å². The van der Waals surface area contributed by atoms with Crippen LogP contribution in [-0.4, -0.2) is 113 Å². The van der Waals surface area contributed by atoms with Crippen LogP contribution in [0.2, 0.25) is 0 Å². The predicted molar refractivity (Wildman–Crippen MR) is 253 cm³/mol. The maximum atomic E-state index is 14.9. The number of benzene rings is 2. The third-order valence-corrected chi connectivity index (χ3v) is 14.1. The van der Waals surface area contributed by atoms with Crippen LogP contribution in [0.5, 0.6) is 11.5 Å². The fourth-order valence-electron chi connectivity index (χ4n) is 10.2. The number of aromatic nitrogens is 2. The number of aromatic hydroxyl groups is 1. The van der Waals surface area contributed by atoms with Crippen molar-refractivity contribution >= 4 is 29.4 Å². The van der Waals surface area contributed by atoms with Crippen LogP contribution in [0.1, 0.15) is 97.6 Å². The maximum Gasteiger partial charge on any atom is 0.511 e. The quantitative estimate of drug-likeness (QED) is 0.269. The number of phenols is 1. The summed E-state index contributed by atoms with van der Waals surface area (Å²) in [6, 6.07) is 9.86. The third kappa shape index (κ3) is 9.46. The number of fused-ring (bicyclic) bond motifs is 10. The highest BCUT2D eigenvalue weighted by atomic mass is 16.7. The van der Waals surface area contributed by atoms with Gasteiger partial charge in [0.15, 0.2) is 5.79 Å². The van der Waals surface area contributed by atoms with Crippen molar-refractivity contribution in [3.63, 3.8) is 0 Å².